The van der Waals surface area contributed by atoms with Crippen molar-refractivity contribution in [2.75, 3.05) is 26.9 Å². The molecule has 0 spiro atoms. The van der Waals surface area contributed by atoms with E-state index in [-0.39, 0.29) is 12.0 Å². The number of hydrogen-bond donors (Lipinski definition) is 3. The van der Waals surface area contributed by atoms with E-state index in [2.05, 4.69) is 12.6 Å². The van der Waals surface area contributed by atoms with Crippen molar-refractivity contribution in [2.45, 2.75) is 43.7 Å². The molecular weight excluding hydrogens is 351 g/mol. The topological polar surface area (TPSA) is 86.6 Å². The first-order valence-corrected chi connectivity index (χ1v) is 10.0. The Morgan fingerprint density at radius 3 is 2.45 bits per heavy atom. The van der Waals surface area contributed by atoms with Crippen LogP contribution in [0.3, 0.4) is 0 Å². The molecule has 2 aliphatic heterocycles. The highest BCUT2D eigenvalue weighted by Gasteiger charge is 2.48. The standard InChI is InChI=1S/C12H23O7PS2/c1-12(2)5-16-20(22,17-6-12)19-9-8(14)7(4-13)18-11(15-3)10(9)21/h7-11,13-14,21H,4-6H2,1-3H3/t7-,8-,9-,10+,11+/m1/s1. The number of methoxy groups -OCH3 is 1. The van der Waals surface area contributed by atoms with Gasteiger partial charge in [0, 0.05) is 12.5 Å². The van der Waals surface area contributed by atoms with Gasteiger partial charge >= 0.3 is 6.72 Å². The third kappa shape index (κ3) is 4.22. The average molecular weight is 374 g/mol. The number of thiol groups is 1. The van der Waals surface area contributed by atoms with Gasteiger partial charge in [-0.3, -0.25) is 0 Å². The molecule has 0 amide bonds. The minimum Gasteiger partial charge on any atom is -0.394 e. The summed E-state index contributed by atoms with van der Waals surface area (Å²) >= 11 is 9.73. The molecule has 10 heteroatoms. The first kappa shape index (κ1) is 19.1. The van der Waals surface area contributed by atoms with Crippen molar-refractivity contribution in [1.29, 1.82) is 0 Å². The van der Waals surface area contributed by atoms with E-state index in [0.29, 0.717) is 13.2 Å². The second-order valence-electron chi connectivity index (χ2n) is 6.17. The van der Waals surface area contributed by atoms with Gasteiger partial charge in [-0.25, -0.2) is 0 Å². The number of rotatable bonds is 4. The Balaban J connectivity index is 2.10. The molecule has 0 aromatic carbocycles. The lowest BCUT2D eigenvalue weighted by molar-refractivity contribution is -0.241. The molecule has 2 heterocycles. The van der Waals surface area contributed by atoms with E-state index in [1.165, 1.54) is 7.11 Å². The minimum atomic E-state index is -2.98. The lowest BCUT2D eigenvalue weighted by Crippen LogP contribution is -2.58. The summed E-state index contributed by atoms with van der Waals surface area (Å²) in [6, 6.07) is 0. The zero-order valence-corrected chi connectivity index (χ0v) is 15.4. The van der Waals surface area contributed by atoms with E-state index in [1.54, 1.807) is 0 Å². The van der Waals surface area contributed by atoms with Crippen molar-refractivity contribution in [3.05, 3.63) is 0 Å². The molecule has 2 saturated heterocycles. The van der Waals surface area contributed by atoms with Gasteiger partial charge in [0.25, 0.3) is 0 Å². The van der Waals surface area contributed by atoms with Gasteiger partial charge < -0.3 is 33.3 Å². The summed E-state index contributed by atoms with van der Waals surface area (Å²) in [4.78, 5) is 0. The molecule has 2 rings (SSSR count). The van der Waals surface area contributed by atoms with Crippen LogP contribution in [0, 0.1) is 5.41 Å². The highest BCUT2D eigenvalue weighted by molar-refractivity contribution is 8.07. The Labute approximate surface area is 140 Å². The van der Waals surface area contributed by atoms with E-state index in [4.69, 9.17) is 34.9 Å². The van der Waals surface area contributed by atoms with Gasteiger partial charge in [0.05, 0.1) is 25.1 Å². The molecule has 130 valence electrons. The molecule has 0 bridgehead atoms. The van der Waals surface area contributed by atoms with Crippen LogP contribution < -0.4 is 0 Å². The number of hydrogen-bond acceptors (Lipinski definition) is 9. The van der Waals surface area contributed by atoms with Crippen LogP contribution in [-0.4, -0.2) is 67.0 Å². The van der Waals surface area contributed by atoms with Crippen LogP contribution in [0.5, 0.6) is 0 Å². The van der Waals surface area contributed by atoms with Gasteiger partial charge in [-0.2, -0.15) is 12.6 Å². The van der Waals surface area contributed by atoms with Crippen LogP contribution in [0.25, 0.3) is 0 Å². The largest absolute Gasteiger partial charge is 0.394 e. The zero-order chi connectivity index (χ0) is 16.5. The first-order valence-electron chi connectivity index (χ1n) is 6.94. The van der Waals surface area contributed by atoms with E-state index in [9.17, 15) is 10.2 Å². The lowest BCUT2D eigenvalue weighted by atomic mass is 9.97. The van der Waals surface area contributed by atoms with E-state index >= 15 is 0 Å². The molecule has 0 aromatic rings. The van der Waals surface area contributed by atoms with Crippen LogP contribution in [-0.2, 0) is 34.9 Å². The van der Waals surface area contributed by atoms with Crippen molar-refractivity contribution >= 4 is 31.2 Å². The fraction of sp³-hybridized carbons (Fsp3) is 1.00. The molecule has 5 atom stereocenters. The molecule has 2 fully saturated rings. The number of aliphatic hydroxyl groups is 2. The van der Waals surface area contributed by atoms with Crippen molar-refractivity contribution in [3.8, 4) is 0 Å². The zero-order valence-electron chi connectivity index (χ0n) is 12.7. The third-order valence-corrected chi connectivity index (χ3v) is 6.35. The van der Waals surface area contributed by atoms with Gasteiger partial charge in [-0.05, 0) is 11.8 Å². The van der Waals surface area contributed by atoms with Gasteiger partial charge in [0.1, 0.15) is 18.3 Å². The number of aliphatic hydroxyl groups excluding tert-OH is 2. The highest BCUT2D eigenvalue weighted by atomic mass is 32.5. The quantitative estimate of drug-likeness (QED) is 0.490. The maximum atomic E-state index is 10.3. The average Bonchev–Trinajstić information content (AvgIpc) is 2.48. The van der Waals surface area contributed by atoms with Crippen LogP contribution in [0.4, 0.5) is 0 Å². The Morgan fingerprint density at radius 1 is 1.36 bits per heavy atom. The fourth-order valence-electron chi connectivity index (χ4n) is 2.17. The summed E-state index contributed by atoms with van der Waals surface area (Å²) in [6.45, 7) is 1.47. The van der Waals surface area contributed by atoms with E-state index in [1.807, 2.05) is 13.8 Å². The predicted molar refractivity (Wildman–Crippen MR) is 86.4 cm³/mol. The van der Waals surface area contributed by atoms with Crippen molar-refractivity contribution in [2.24, 2.45) is 5.41 Å². The van der Waals surface area contributed by atoms with E-state index in [0.717, 1.165) is 0 Å². The molecule has 22 heavy (non-hydrogen) atoms. The second-order valence-corrected chi connectivity index (χ2v) is 9.73. The van der Waals surface area contributed by atoms with Crippen molar-refractivity contribution in [3.63, 3.8) is 0 Å². The van der Waals surface area contributed by atoms with Gasteiger partial charge in [-0.15, -0.1) is 0 Å². The van der Waals surface area contributed by atoms with Crippen LogP contribution in [0.15, 0.2) is 0 Å². The predicted octanol–water partition coefficient (Wildman–Crippen LogP) is 0.692. The summed E-state index contributed by atoms with van der Waals surface area (Å²) < 4.78 is 27.6. The van der Waals surface area contributed by atoms with Gasteiger partial charge in [0.15, 0.2) is 6.29 Å². The summed E-state index contributed by atoms with van der Waals surface area (Å²) in [6.07, 6.45) is -3.52. The third-order valence-electron chi connectivity index (χ3n) is 3.53. The van der Waals surface area contributed by atoms with Crippen LogP contribution in [0.1, 0.15) is 13.8 Å². The van der Waals surface area contributed by atoms with Crippen molar-refractivity contribution in [1.82, 2.24) is 0 Å². The summed E-state index contributed by atoms with van der Waals surface area (Å²) in [5.74, 6) is 0. The molecule has 0 radical (unpaired) electrons. The second kappa shape index (κ2) is 7.31. The fourth-order valence-corrected chi connectivity index (χ4v) is 5.07. The van der Waals surface area contributed by atoms with Crippen LogP contribution >= 0.6 is 19.3 Å². The molecule has 0 unspecified atom stereocenters. The smallest absolute Gasteiger partial charge is 0.327 e. The first-order chi connectivity index (χ1) is 10.2. The summed E-state index contributed by atoms with van der Waals surface area (Å²) in [5, 5.41) is 19.0. The van der Waals surface area contributed by atoms with Crippen molar-refractivity contribution < 1.29 is 33.3 Å². The molecule has 7 nitrogen and oxygen atoms in total. The molecule has 2 N–H and O–H groups in total. The Kier molecular flexibility index (Phi) is 6.33. The van der Waals surface area contributed by atoms with Crippen LogP contribution in [0.2, 0.25) is 0 Å². The molecular formula is C12H23O7PS2. The SMILES string of the molecule is CO[C@H]1O[C@H](CO)[C@@H](O)[C@@H](OP2(=S)OCC(C)(C)CO2)[C@@H]1S. The monoisotopic (exact) mass is 374 g/mol. The normalized spacial score (nSPS) is 41.3. The highest BCUT2D eigenvalue weighted by Crippen LogP contribution is 2.57. The molecule has 0 saturated carbocycles. The van der Waals surface area contributed by atoms with Gasteiger partial charge in [0.2, 0.25) is 0 Å². The Bertz CT molecular complexity index is 406. The molecule has 2 aliphatic rings. The summed E-state index contributed by atoms with van der Waals surface area (Å²) in [5.41, 5.74) is -0.136. The maximum Gasteiger partial charge on any atom is 0.327 e. The molecule has 0 aliphatic carbocycles. The Morgan fingerprint density at radius 2 is 1.95 bits per heavy atom. The lowest BCUT2D eigenvalue weighted by Gasteiger charge is -2.44. The molecule has 0 aromatic heterocycles. The number of ether oxygens (including phenoxy) is 2. The minimum absolute atomic E-state index is 0.136. The Hall–Kier alpha value is 0.720. The van der Waals surface area contributed by atoms with Gasteiger partial charge in [-0.1, -0.05) is 13.8 Å². The maximum absolute atomic E-state index is 10.3. The summed E-state index contributed by atoms with van der Waals surface area (Å²) in [7, 11) is 1.45. The van der Waals surface area contributed by atoms with E-state index < -0.39 is 36.6 Å².